The van der Waals surface area contributed by atoms with Gasteiger partial charge in [0.25, 0.3) is 0 Å². The average molecular weight is 588 g/mol. The molecule has 14 heteroatoms. The average Bonchev–Trinajstić information content (AvgIpc) is 2.76. The maximum atomic E-state index is 13.4. The van der Waals surface area contributed by atoms with Gasteiger partial charge in [-0.3, -0.25) is 4.72 Å². The van der Waals surface area contributed by atoms with E-state index in [0.717, 1.165) is 16.4 Å². The lowest BCUT2D eigenvalue weighted by Crippen LogP contribution is -2.31. The molecule has 6 nitrogen and oxygen atoms in total. The summed E-state index contributed by atoms with van der Waals surface area (Å²) in [6, 6.07) is 15.3. The number of alkyl halides is 3. The molecule has 0 fully saturated rings. The smallest absolute Gasteiger partial charge is 0.276 e. The third-order valence-electron chi connectivity index (χ3n) is 4.67. The first-order valence-electron chi connectivity index (χ1n) is 9.57. The van der Waals surface area contributed by atoms with Gasteiger partial charge in [-0.2, -0.15) is 25.9 Å². The van der Waals surface area contributed by atoms with Gasteiger partial charge in [-0.25, -0.2) is 8.42 Å². The maximum Gasteiger partial charge on any atom is 0.516 e. The Morgan fingerprint density at radius 1 is 0.743 bits per heavy atom. The van der Waals surface area contributed by atoms with E-state index in [1.54, 1.807) is 12.1 Å². The molecule has 0 saturated heterocycles. The molecular weight excluding hydrogens is 572 g/mol. The van der Waals surface area contributed by atoms with Gasteiger partial charge in [0.05, 0.1) is 15.1 Å². The highest BCUT2D eigenvalue weighted by Crippen LogP contribution is 2.30. The van der Waals surface area contributed by atoms with Crippen molar-refractivity contribution in [3.8, 4) is 0 Å². The minimum atomic E-state index is -5.59. The van der Waals surface area contributed by atoms with Crippen molar-refractivity contribution in [2.24, 2.45) is 0 Å². The Morgan fingerprint density at radius 2 is 1.31 bits per heavy atom. The van der Waals surface area contributed by atoms with E-state index in [9.17, 15) is 30.0 Å². The Hall–Kier alpha value is -2.02. The second-order valence-corrected chi connectivity index (χ2v) is 12.0. The highest BCUT2D eigenvalue weighted by molar-refractivity contribution is 7.93. The van der Waals surface area contributed by atoms with E-state index in [0.29, 0.717) is 11.1 Å². The number of benzene rings is 3. The van der Waals surface area contributed by atoms with Gasteiger partial charge in [0.15, 0.2) is 0 Å². The van der Waals surface area contributed by atoms with Gasteiger partial charge in [0.2, 0.25) is 10.0 Å². The summed E-state index contributed by atoms with van der Waals surface area (Å²) in [5.41, 5.74) is -4.93. The Bertz CT molecular complexity index is 1430. The lowest BCUT2D eigenvalue weighted by atomic mass is 10.2. The molecule has 0 spiro atoms. The summed E-state index contributed by atoms with van der Waals surface area (Å²) in [7, 11) is -9.74. The molecule has 0 aromatic heterocycles. The van der Waals surface area contributed by atoms with E-state index in [2.05, 4.69) is 0 Å². The van der Waals surface area contributed by atoms with Crippen LogP contribution in [-0.4, -0.2) is 26.6 Å². The lowest BCUT2D eigenvalue weighted by molar-refractivity contribution is -0.0429. The first kappa shape index (κ1) is 27.6. The number of nitrogens with one attached hydrogen (secondary N) is 1. The van der Waals surface area contributed by atoms with Gasteiger partial charge in [0.1, 0.15) is 4.90 Å². The van der Waals surface area contributed by atoms with Gasteiger partial charge < -0.3 is 0 Å². The van der Waals surface area contributed by atoms with Crippen molar-refractivity contribution in [2.75, 3.05) is 4.72 Å². The van der Waals surface area contributed by atoms with Gasteiger partial charge in [-0.05, 0) is 47.5 Å². The number of hydrogen-bond acceptors (Lipinski definition) is 4. The number of nitrogens with zero attached hydrogens (tertiary/aromatic N) is 1. The van der Waals surface area contributed by atoms with Crippen molar-refractivity contribution in [2.45, 2.75) is 23.5 Å². The monoisotopic (exact) mass is 586 g/mol. The van der Waals surface area contributed by atoms with Crippen molar-refractivity contribution < 1.29 is 30.0 Å². The summed E-state index contributed by atoms with van der Waals surface area (Å²) in [4.78, 5) is -0.142. The topological polar surface area (TPSA) is 83.6 Å². The standard InChI is InChI=1S/C21H16Cl3F3N2O4S2/c22-17-10-7-15(11-19(17)24)13-29(34(30,31)20-4-2-1-3-18(20)23)12-14-5-8-16(9-6-14)28-35(32,33)21(25,26)27/h1-11,28H,12-13H2. The quantitative estimate of drug-likeness (QED) is 0.335. The van der Waals surface area contributed by atoms with Crippen LogP contribution in [0.15, 0.2) is 71.6 Å². The van der Waals surface area contributed by atoms with Crippen LogP contribution in [0.3, 0.4) is 0 Å². The molecule has 0 atom stereocenters. The third-order valence-corrected chi connectivity index (χ3v) is 8.81. The molecule has 0 radical (unpaired) electrons. The van der Waals surface area contributed by atoms with Crippen LogP contribution in [-0.2, 0) is 33.1 Å². The summed E-state index contributed by atoms with van der Waals surface area (Å²) in [5.74, 6) is 0. The molecule has 1 N–H and O–H groups in total. The molecule has 0 unspecified atom stereocenters. The van der Waals surface area contributed by atoms with Gasteiger partial charge in [0, 0.05) is 18.8 Å². The number of rotatable bonds is 8. The predicted octanol–water partition coefficient (Wildman–Crippen LogP) is 6.30. The van der Waals surface area contributed by atoms with Crippen LogP contribution in [0.5, 0.6) is 0 Å². The minimum Gasteiger partial charge on any atom is -0.276 e. The van der Waals surface area contributed by atoms with E-state index < -0.39 is 25.6 Å². The SMILES string of the molecule is O=S(=O)(c1ccccc1Cl)N(Cc1ccc(NS(=O)(=O)C(F)(F)F)cc1)Cc1ccc(Cl)c(Cl)c1. The minimum absolute atomic E-state index is 0.00328. The molecule has 0 aliphatic heterocycles. The molecule has 0 amide bonds. The molecule has 35 heavy (non-hydrogen) atoms. The summed E-state index contributed by atoms with van der Waals surface area (Å²) in [6.45, 7) is -0.340. The van der Waals surface area contributed by atoms with Gasteiger partial charge in [-0.1, -0.05) is 65.1 Å². The van der Waals surface area contributed by atoms with Crippen molar-refractivity contribution in [3.63, 3.8) is 0 Å². The molecule has 0 aliphatic carbocycles. The molecule has 3 rings (SSSR count). The normalized spacial score (nSPS) is 12.7. The number of anilines is 1. The highest BCUT2D eigenvalue weighted by atomic mass is 35.5. The van der Waals surface area contributed by atoms with Crippen LogP contribution < -0.4 is 4.72 Å². The van der Waals surface area contributed by atoms with Crippen molar-refractivity contribution in [1.82, 2.24) is 4.31 Å². The molecular formula is C21H16Cl3F3N2O4S2. The number of halogens is 6. The number of hydrogen-bond donors (Lipinski definition) is 1. The third kappa shape index (κ3) is 6.60. The van der Waals surface area contributed by atoms with E-state index in [4.69, 9.17) is 34.8 Å². The van der Waals surface area contributed by atoms with E-state index in [-0.39, 0.29) is 38.7 Å². The number of sulfonamides is 2. The van der Waals surface area contributed by atoms with Crippen LogP contribution in [0, 0.1) is 0 Å². The first-order valence-corrected chi connectivity index (χ1v) is 13.6. The van der Waals surface area contributed by atoms with Crippen molar-refractivity contribution in [1.29, 1.82) is 0 Å². The van der Waals surface area contributed by atoms with Crippen LogP contribution in [0.4, 0.5) is 18.9 Å². The first-order chi connectivity index (χ1) is 16.2. The largest absolute Gasteiger partial charge is 0.516 e. The predicted molar refractivity (Wildman–Crippen MR) is 129 cm³/mol. The fraction of sp³-hybridized carbons (Fsp3) is 0.143. The lowest BCUT2D eigenvalue weighted by Gasteiger charge is -2.23. The van der Waals surface area contributed by atoms with Crippen LogP contribution in [0.25, 0.3) is 0 Å². The zero-order chi connectivity index (χ0) is 26.0. The molecule has 188 valence electrons. The maximum absolute atomic E-state index is 13.4. The Kier molecular flexibility index (Phi) is 8.30. The molecule has 0 bridgehead atoms. The fourth-order valence-corrected chi connectivity index (χ4v) is 5.75. The highest BCUT2D eigenvalue weighted by Gasteiger charge is 2.46. The fourth-order valence-electron chi connectivity index (χ4n) is 2.96. The molecule has 3 aromatic carbocycles. The van der Waals surface area contributed by atoms with Crippen molar-refractivity contribution >= 4 is 60.5 Å². The van der Waals surface area contributed by atoms with E-state index in [1.165, 1.54) is 47.2 Å². The summed E-state index contributed by atoms with van der Waals surface area (Å²) >= 11 is 18.1. The summed E-state index contributed by atoms with van der Waals surface area (Å²) in [5, 5.41) is 0.511. The Morgan fingerprint density at radius 3 is 1.89 bits per heavy atom. The van der Waals surface area contributed by atoms with E-state index >= 15 is 0 Å². The van der Waals surface area contributed by atoms with Gasteiger partial charge >= 0.3 is 15.5 Å². The zero-order valence-electron chi connectivity index (χ0n) is 17.4. The van der Waals surface area contributed by atoms with Crippen molar-refractivity contribution in [3.05, 3.63) is 92.9 Å². The molecule has 3 aromatic rings. The molecule has 0 heterocycles. The zero-order valence-corrected chi connectivity index (χ0v) is 21.3. The van der Waals surface area contributed by atoms with Crippen LogP contribution >= 0.6 is 34.8 Å². The second-order valence-electron chi connectivity index (χ2n) is 7.20. The second kappa shape index (κ2) is 10.5. The van der Waals surface area contributed by atoms with Crippen LogP contribution in [0.2, 0.25) is 15.1 Å². The Labute approximate surface area is 215 Å². The summed E-state index contributed by atoms with van der Waals surface area (Å²) < 4.78 is 89.8. The summed E-state index contributed by atoms with van der Waals surface area (Å²) in [6.07, 6.45) is 0. The molecule has 0 aliphatic rings. The van der Waals surface area contributed by atoms with Crippen LogP contribution in [0.1, 0.15) is 11.1 Å². The van der Waals surface area contributed by atoms with E-state index in [1.807, 2.05) is 0 Å². The Balaban J connectivity index is 1.94. The van der Waals surface area contributed by atoms with Gasteiger partial charge in [-0.15, -0.1) is 0 Å². The molecule has 0 saturated carbocycles.